The molecule has 2 rings (SSSR count). The normalized spacial score (nSPS) is 20.1. The lowest BCUT2D eigenvalue weighted by atomic mass is 10.2. The van der Waals surface area contributed by atoms with Crippen LogP contribution in [-0.4, -0.2) is 51.2 Å². The maximum Gasteiger partial charge on any atom is 0.247 e. The molecule has 0 amide bonds. The molecule has 1 fully saturated rings. The molecule has 1 heterocycles. The smallest absolute Gasteiger partial charge is 0.247 e. The fourth-order valence-electron chi connectivity index (χ4n) is 2.42. The van der Waals surface area contributed by atoms with Crippen molar-refractivity contribution < 1.29 is 23.0 Å². The maximum absolute atomic E-state index is 12.7. The van der Waals surface area contributed by atoms with Crippen LogP contribution in [0.1, 0.15) is 12.8 Å². The summed E-state index contributed by atoms with van der Waals surface area (Å²) < 4.78 is 36.9. The van der Waals surface area contributed by atoms with Crippen molar-refractivity contribution in [1.29, 1.82) is 0 Å². The summed E-state index contributed by atoms with van der Waals surface area (Å²) in [5.74, 6) is 0.772. The van der Waals surface area contributed by atoms with Crippen molar-refractivity contribution in [2.45, 2.75) is 23.8 Å². The maximum atomic E-state index is 12.7. The highest BCUT2D eigenvalue weighted by Crippen LogP contribution is 2.33. The van der Waals surface area contributed by atoms with E-state index in [2.05, 4.69) is 0 Å². The van der Waals surface area contributed by atoms with Crippen LogP contribution in [0.4, 0.5) is 0 Å². The lowest BCUT2D eigenvalue weighted by molar-refractivity contribution is 0.213. The van der Waals surface area contributed by atoms with Gasteiger partial charge in [0, 0.05) is 18.7 Å². The van der Waals surface area contributed by atoms with E-state index in [1.165, 1.54) is 30.7 Å². The van der Waals surface area contributed by atoms with Gasteiger partial charge in [0.2, 0.25) is 10.0 Å². The number of hydrogen-bond acceptors (Lipinski definition) is 5. The zero-order valence-electron chi connectivity index (χ0n) is 11.6. The van der Waals surface area contributed by atoms with E-state index in [1.54, 1.807) is 6.07 Å². The molecule has 0 aromatic heterocycles. The van der Waals surface area contributed by atoms with Crippen molar-refractivity contribution in [3.63, 3.8) is 0 Å². The van der Waals surface area contributed by atoms with Gasteiger partial charge in [-0.3, -0.25) is 0 Å². The minimum absolute atomic E-state index is 0.0983. The van der Waals surface area contributed by atoms with E-state index in [1.807, 2.05) is 0 Å². The summed E-state index contributed by atoms with van der Waals surface area (Å²) in [5.41, 5.74) is 0. The molecule has 1 unspecified atom stereocenters. The van der Waals surface area contributed by atoms with Gasteiger partial charge in [-0.05, 0) is 25.0 Å². The van der Waals surface area contributed by atoms with E-state index >= 15 is 0 Å². The van der Waals surface area contributed by atoms with Crippen LogP contribution < -0.4 is 9.47 Å². The van der Waals surface area contributed by atoms with Crippen molar-refractivity contribution in [1.82, 2.24) is 4.31 Å². The van der Waals surface area contributed by atoms with Crippen LogP contribution in [0.25, 0.3) is 0 Å². The quantitative estimate of drug-likeness (QED) is 0.872. The first-order chi connectivity index (χ1) is 9.54. The summed E-state index contributed by atoms with van der Waals surface area (Å²) in [4.78, 5) is 0.0983. The number of methoxy groups -OCH3 is 2. The summed E-state index contributed by atoms with van der Waals surface area (Å²) in [5, 5.41) is 9.30. The molecule has 20 heavy (non-hydrogen) atoms. The van der Waals surface area contributed by atoms with E-state index < -0.39 is 10.0 Å². The second-order valence-electron chi connectivity index (χ2n) is 4.61. The predicted octanol–water partition coefficient (Wildman–Crippen LogP) is 0.849. The van der Waals surface area contributed by atoms with Crippen molar-refractivity contribution >= 4 is 10.0 Å². The Bertz CT molecular complexity index is 572. The summed E-state index contributed by atoms with van der Waals surface area (Å²) in [6.07, 6.45) is 1.43. The molecule has 1 aliphatic heterocycles. The molecule has 1 aromatic carbocycles. The number of nitrogens with zero attached hydrogens (tertiary/aromatic N) is 1. The Labute approximate surface area is 119 Å². The molecule has 112 valence electrons. The van der Waals surface area contributed by atoms with Crippen molar-refractivity contribution in [2.24, 2.45) is 0 Å². The topological polar surface area (TPSA) is 76.1 Å². The van der Waals surface area contributed by atoms with E-state index in [-0.39, 0.29) is 23.3 Å². The van der Waals surface area contributed by atoms with Crippen LogP contribution >= 0.6 is 0 Å². The molecule has 1 N–H and O–H groups in total. The third-order valence-corrected chi connectivity index (χ3v) is 5.48. The highest BCUT2D eigenvalue weighted by molar-refractivity contribution is 7.89. The lowest BCUT2D eigenvalue weighted by Gasteiger charge is -2.23. The van der Waals surface area contributed by atoms with E-state index in [4.69, 9.17) is 9.47 Å². The van der Waals surface area contributed by atoms with E-state index in [9.17, 15) is 13.5 Å². The number of ether oxygens (including phenoxy) is 2. The lowest BCUT2D eigenvalue weighted by Crippen LogP contribution is -2.37. The van der Waals surface area contributed by atoms with Gasteiger partial charge in [-0.1, -0.05) is 0 Å². The third-order valence-electron chi connectivity index (χ3n) is 3.49. The van der Waals surface area contributed by atoms with E-state index in [0.717, 1.165) is 6.42 Å². The highest BCUT2D eigenvalue weighted by atomic mass is 32.2. The Kier molecular flexibility index (Phi) is 4.52. The Balaban J connectivity index is 2.43. The second kappa shape index (κ2) is 5.99. The molecule has 0 radical (unpaired) electrons. The number of benzene rings is 1. The molecule has 1 saturated heterocycles. The highest BCUT2D eigenvalue weighted by Gasteiger charge is 2.36. The monoisotopic (exact) mass is 301 g/mol. The van der Waals surface area contributed by atoms with Crippen LogP contribution in [0.15, 0.2) is 23.1 Å². The fourth-order valence-corrected chi connectivity index (χ4v) is 4.25. The van der Waals surface area contributed by atoms with E-state index in [0.29, 0.717) is 18.7 Å². The Hall–Kier alpha value is -1.31. The molecule has 1 aliphatic rings. The molecular formula is C13H19NO5S. The molecule has 0 saturated carbocycles. The van der Waals surface area contributed by atoms with Gasteiger partial charge in [0.05, 0.1) is 20.8 Å². The summed E-state index contributed by atoms with van der Waals surface area (Å²) in [6, 6.07) is 4.24. The first-order valence-corrected chi connectivity index (χ1v) is 7.83. The van der Waals surface area contributed by atoms with Crippen LogP contribution in [-0.2, 0) is 10.0 Å². The van der Waals surface area contributed by atoms with Crippen molar-refractivity contribution in [2.75, 3.05) is 27.4 Å². The van der Waals surface area contributed by atoms with Crippen LogP contribution in [0.3, 0.4) is 0 Å². The number of rotatable bonds is 5. The van der Waals surface area contributed by atoms with Gasteiger partial charge in [0.1, 0.15) is 16.4 Å². The largest absolute Gasteiger partial charge is 0.497 e. The zero-order valence-corrected chi connectivity index (χ0v) is 12.4. The summed E-state index contributed by atoms with van der Waals surface area (Å²) >= 11 is 0. The average molecular weight is 301 g/mol. The summed E-state index contributed by atoms with van der Waals surface area (Å²) in [6.45, 7) is 0.250. The molecular weight excluding hydrogens is 282 g/mol. The van der Waals surface area contributed by atoms with Gasteiger partial charge >= 0.3 is 0 Å². The second-order valence-corrected chi connectivity index (χ2v) is 6.47. The van der Waals surface area contributed by atoms with Gasteiger partial charge in [-0.25, -0.2) is 8.42 Å². The summed E-state index contributed by atoms with van der Waals surface area (Å²) in [7, 11) is -0.752. The Morgan fingerprint density at radius 2 is 2.10 bits per heavy atom. The molecule has 7 heteroatoms. The third kappa shape index (κ3) is 2.61. The minimum atomic E-state index is -3.67. The van der Waals surface area contributed by atoms with Crippen molar-refractivity contribution in [3.05, 3.63) is 18.2 Å². The molecule has 1 aromatic rings. The van der Waals surface area contributed by atoms with Crippen LogP contribution in [0, 0.1) is 0 Å². The standard InChI is InChI=1S/C13H19NO5S/c1-18-11-5-6-13(12(8-11)19-2)20(16,17)14-7-3-4-10(14)9-15/h5-6,8,10,15H,3-4,7,9H2,1-2H3. The fraction of sp³-hybridized carbons (Fsp3) is 0.538. The Morgan fingerprint density at radius 3 is 2.70 bits per heavy atom. The number of aliphatic hydroxyl groups is 1. The SMILES string of the molecule is COc1ccc(S(=O)(=O)N2CCCC2CO)c(OC)c1. The predicted molar refractivity (Wildman–Crippen MR) is 73.5 cm³/mol. The van der Waals surface area contributed by atoms with Gasteiger partial charge in [-0.2, -0.15) is 4.31 Å². The van der Waals surface area contributed by atoms with Crippen LogP contribution in [0.5, 0.6) is 11.5 Å². The molecule has 6 nitrogen and oxygen atoms in total. The van der Waals surface area contributed by atoms with Crippen molar-refractivity contribution in [3.8, 4) is 11.5 Å². The van der Waals surface area contributed by atoms with Crippen LogP contribution in [0.2, 0.25) is 0 Å². The Morgan fingerprint density at radius 1 is 1.35 bits per heavy atom. The van der Waals surface area contributed by atoms with Gasteiger partial charge in [-0.15, -0.1) is 0 Å². The molecule has 0 aliphatic carbocycles. The molecule has 0 bridgehead atoms. The van der Waals surface area contributed by atoms with Gasteiger partial charge < -0.3 is 14.6 Å². The van der Waals surface area contributed by atoms with Gasteiger partial charge in [0.25, 0.3) is 0 Å². The number of sulfonamides is 1. The molecule has 0 spiro atoms. The minimum Gasteiger partial charge on any atom is -0.497 e. The first kappa shape index (κ1) is 15.1. The number of hydrogen-bond donors (Lipinski definition) is 1. The average Bonchev–Trinajstić information content (AvgIpc) is 2.95. The number of aliphatic hydroxyl groups excluding tert-OH is 1. The molecule has 1 atom stereocenters. The first-order valence-electron chi connectivity index (χ1n) is 6.39. The zero-order chi connectivity index (χ0) is 14.8. The van der Waals surface area contributed by atoms with Gasteiger partial charge in [0.15, 0.2) is 0 Å².